The van der Waals surface area contributed by atoms with E-state index < -0.39 is 0 Å². The van der Waals surface area contributed by atoms with Gasteiger partial charge in [-0.3, -0.25) is 4.90 Å². The van der Waals surface area contributed by atoms with Gasteiger partial charge < -0.3 is 15.4 Å². The number of anilines is 1. The number of amides is 2. The van der Waals surface area contributed by atoms with Gasteiger partial charge in [-0.1, -0.05) is 36.4 Å². The molecule has 1 fully saturated rings. The Bertz CT molecular complexity index is 717. The van der Waals surface area contributed by atoms with E-state index in [-0.39, 0.29) is 18.4 Å². The molecule has 1 aliphatic rings. The number of hydrogen-bond acceptors (Lipinski definition) is 3. The van der Waals surface area contributed by atoms with Gasteiger partial charge in [0.15, 0.2) is 0 Å². The third kappa shape index (κ3) is 5.01. The first-order chi connectivity index (χ1) is 12.2. The van der Waals surface area contributed by atoms with E-state index in [1.54, 1.807) is 18.2 Å². The van der Waals surface area contributed by atoms with Crippen molar-refractivity contribution in [3.63, 3.8) is 0 Å². The highest BCUT2D eigenvalue weighted by Gasteiger charge is 2.13. The quantitative estimate of drug-likeness (QED) is 0.878. The molecular weight excluding hydrogens is 321 g/mol. The Morgan fingerprint density at radius 1 is 1.04 bits per heavy atom. The molecule has 2 aromatic rings. The third-order valence-electron chi connectivity index (χ3n) is 4.16. The van der Waals surface area contributed by atoms with E-state index in [1.807, 2.05) is 24.3 Å². The van der Waals surface area contributed by atoms with Crippen LogP contribution in [0, 0.1) is 5.82 Å². The molecule has 1 aliphatic heterocycles. The fraction of sp³-hybridized carbons (Fsp3) is 0.316. The van der Waals surface area contributed by atoms with Crippen molar-refractivity contribution in [2.24, 2.45) is 0 Å². The van der Waals surface area contributed by atoms with Crippen molar-refractivity contribution < 1.29 is 13.9 Å². The monoisotopic (exact) mass is 343 g/mol. The number of ether oxygens (including phenoxy) is 1. The SMILES string of the molecule is O=C(NCc1ccccc1F)Nc1ccccc1CN1CCOCC1. The summed E-state index contributed by atoms with van der Waals surface area (Å²) in [6.07, 6.45) is 0. The summed E-state index contributed by atoms with van der Waals surface area (Å²) in [4.78, 5) is 14.5. The van der Waals surface area contributed by atoms with Crippen LogP contribution in [0.5, 0.6) is 0 Å². The highest BCUT2D eigenvalue weighted by Crippen LogP contribution is 2.18. The van der Waals surface area contributed by atoms with Gasteiger partial charge in [-0.25, -0.2) is 9.18 Å². The molecule has 1 saturated heterocycles. The maximum atomic E-state index is 13.6. The molecule has 2 amide bonds. The average molecular weight is 343 g/mol. The summed E-state index contributed by atoms with van der Waals surface area (Å²) >= 11 is 0. The Balaban J connectivity index is 1.58. The van der Waals surface area contributed by atoms with Crippen molar-refractivity contribution in [1.82, 2.24) is 10.2 Å². The minimum Gasteiger partial charge on any atom is -0.379 e. The second-order valence-corrected chi connectivity index (χ2v) is 5.94. The molecule has 3 rings (SSSR count). The van der Waals surface area contributed by atoms with Crippen molar-refractivity contribution in [2.45, 2.75) is 13.1 Å². The van der Waals surface area contributed by atoms with Crippen LogP contribution < -0.4 is 10.6 Å². The van der Waals surface area contributed by atoms with E-state index in [9.17, 15) is 9.18 Å². The molecule has 2 N–H and O–H groups in total. The normalized spacial score (nSPS) is 14.9. The number of rotatable bonds is 5. The summed E-state index contributed by atoms with van der Waals surface area (Å²) in [6, 6.07) is 13.8. The van der Waals surface area contributed by atoms with Crippen LogP contribution in [0.3, 0.4) is 0 Å². The van der Waals surface area contributed by atoms with Crippen molar-refractivity contribution in [1.29, 1.82) is 0 Å². The van der Waals surface area contributed by atoms with Gasteiger partial charge in [0.1, 0.15) is 5.82 Å². The lowest BCUT2D eigenvalue weighted by Gasteiger charge is -2.27. The fourth-order valence-electron chi connectivity index (χ4n) is 2.76. The Labute approximate surface area is 146 Å². The molecular formula is C19H22FN3O2. The number of urea groups is 1. The van der Waals surface area contributed by atoms with Crippen LogP contribution in [0.15, 0.2) is 48.5 Å². The Morgan fingerprint density at radius 2 is 1.72 bits per heavy atom. The topological polar surface area (TPSA) is 53.6 Å². The van der Waals surface area contributed by atoms with Gasteiger partial charge in [0, 0.05) is 37.4 Å². The number of carbonyl (C=O) groups is 1. The fourth-order valence-corrected chi connectivity index (χ4v) is 2.76. The summed E-state index contributed by atoms with van der Waals surface area (Å²) in [7, 11) is 0. The molecule has 0 aromatic heterocycles. The first-order valence-corrected chi connectivity index (χ1v) is 8.38. The van der Waals surface area contributed by atoms with Crippen LogP contribution in [-0.4, -0.2) is 37.2 Å². The number of nitrogens with one attached hydrogen (secondary N) is 2. The molecule has 0 saturated carbocycles. The zero-order chi connectivity index (χ0) is 17.5. The summed E-state index contributed by atoms with van der Waals surface area (Å²) in [5, 5.41) is 5.55. The minimum absolute atomic E-state index is 0.143. The van der Waals surface area contributed by atoms with Gasteiger partial charge in [-0.15, -0.1) is 0 Å². The molecule has 0 spiro atoms. The van der Waals surface area contributed by atoms with E-state index in [1.165, 1.54) is 6.07 Å². The standard InChI is InChI=1S/C19H22FN3O2/c20-17-7-3-1-5-15(17)13-21-19(24)22-18-8-4-2-6-16(18)14-23-9-11-25-12-10-23/h1-8H,9-14H2,(H2,21,22,24). The Morgan fingerprint density at radius 3 is 2.48 bits per heavy atom. The van der Waals surface area contributed by atoms with Gasteiger partial charge in [0.05, 0.1) is 13.2 Å². The zero-order valence-electron chi connectivity index (χ0n) is 14.0. The third-order valence-corrected chi connectivity index (χ3v) is 4.16. The van der Waals surface area contributed by atoms with Crippen molar-refractivity contribution in [2.75, 3.05) is 31.6 Å². The predicted molar refractivity (Wildman–Crippen MR) is 94.8 cm³/mol. The van der Waals surface area contributed by atoms with E-state index in [0.717, 1.165) is 44.1 Å². The highest BCUT2D eigenvalue weighted by molar-refractivity contribution is 5.90. The van der Waals surface area contributed by atoms with Crippen molar-refractivity contribution >= 4 is 11.7 Å². The molecule has 0 aliphatic carbocycles. The second-order valence-electron chi connectivity index (χ2n) is 5.94. The minimum atomic E-state index is -0.349. The number of hydrogen-bond donors (Lipinski definition) is 2. The van der Waals surface area contributed by atoms with E-state index in [0.29, 0.717) is 5.56 Å². The van der Waals surface area contributed by atoms with Crippen LogP contribution in [0.2, 0.25) is 0 Å². The second kappa shape index (κ2) is 8.60. The maximum Gasteiger partial charge on any atom is 0.319 e. The summed E-state index contributed by atoms with van der Waals surface area (Å²) < 4.78 is 19.0. The molecule has 132 valence electrons. The first-order valence-electron chi connectivity index (χ1n) is 8.38. The maximum absolute atomic E-state index is 13.6. The molecule has 6 heteroatoms. The number of nitrogens with zero attached hydrogens (tertiary/aromatic N) is 1. The van der Waals surface area contributed by atoms with Crippen LogP contribution >= 0.6 is 0 Å². The van der Waals surface area contributed by atoms with E-state index in [2.05, 4.69) is 15.5 Å². The van der Waals surface area contributed by atoms with E-state index >= 15 is 0 Å². The number of morpholine rings is 1. The average Bonchev–Trinajstić information content (AvgIpc) is 2.64. The zero-order valence-corrected chi connectivity index (χ0v) is 14.0. The lowest BCUT2D eigenvalue weighted by Crippen LogP contribution is -2.36. The summed E-state index contributed by atoms with van der Waals surface area (Å²) in [5.41, 5.74) is 2.27. The van der Waals surface area contributed by atoms with Crippen LogP contribution in [-0.2, 0) is 17.8 Å². The largest absolute Gasteiger partial charge is 0.379 e. The highest BCUT2D eigenvalue weighted by atomic mass is 19.1. The van der Waals surface area contributed by atoms with E-state index in [4.69, 9.17) is 4.74 Å². The van der Waals surface area contributed by atoms with Crippen molar-refractivity contribution in [3.05, 3.63) is 65.5 Å². The number of para-hydroxylation sites is 1. The van der Waals surface area contributed by atoms with Crippen molar-refractivity contribution in [3.8, 4) is 0 Å². The van der Waals surface area contributed by atoms with Gasteiger partial charge in [-0.2, -0.15) is 0 Å². The summed E-state index contributed by atoms with van der Waals surface area (Å²) in [6.45, 7) is 4.14. The Hall–Kier alpha value is -2.44. The van der Waals surface area contributed by atoms with Crippen LogP contribution in [0.25, 0.3) is 0 Å². The molecule has 2 aromatic carbocycles. The molecule has 0 unspecified atom stereocenters. The molecule has 1 heterocycles. The number of halogens is 1. The predicted octanol–water partition coefficient (Wildman–Crippen LogP) is 2.98. The molecule has 0 radical (unpaired) electrons. The lowest BCUT2D eigenvalue weighted by molar-refractivity contribution is 0.0343. The number of benzene rings is 2. The summed E-state index contributed by atoms with van der Waals surface area (Å²) in [5.74, 6) is -0.324. The lowest BCUT2D eigenvalue weighted by atomic mass is 10.1. The van der Waals surface area contributed by atoms with Gasteiger partial charge in [0.25, 0.3) is 0 Å². The Kier molecular flexibility index (Phi) is 5.98. The van der Waals surface area contributed by atoms with Gasteiger partial charge in [-0.05, 0) is 17.7 Å². The molecule has 0 bridgehead atoms. The first kappa shape index (κ1) is 17.4. The molecule has 5 nitrogen and oxygen atoms in total. The molecule has 25 heavy (non-hydrogen) atoms. The van der Waals surface area contributed by atoms with Crippen LogP contribution in [0.1, 0.15) is 11.1 Å². The van der Waals surface area contributed by atoms with Gasteiger partial charge in [0.2, 0.25) is 0 Å². The smallest absolute Gasteiger partial charge is 0.319 e. The number of carbonyl (C=O) groups excluding carboxylic acids is 1. The van der Waals surface area contributed by atoms with Crippen LogP contribution in [0.4, 0.5) is 14.9 Å². The van der Waals surface area contributed by atoms with Gasteiger partial charge >= 0.3 is 6.03 Å². The molecule has 0 atom stereocenters.